The van der Waals surface area contributed by atoms with Crippen molar-refractivity contribution in [2.45, 2.75) is 25.9 Å². The Morgan fingerprint density at radius 2 is 2.26 bits per heavy atom. The normalized spacial score (nSPS) is 16.6. The molecule has 1 aliphatic rings. The average molecular weight is 386 g/mol. The molecule has 1 fully saturated rings. The number of imidazole rings is 1. The highest BCUT2D eigenvalue weighted by Crippen LogP contribution is 2.28. The molecule has 1 aliphatic heterocycles. The molecule has 0 spiro atoms. The van der Waals surface area contributed by atoms with E-state index in [0.29, 0.717) is 16.5 Å². The number of H-pyrrole nitrogens is 1. The van der Waals surface area contributed by atoms with E-state index in [2.05, 4.69) is 15.3 Å². The summed E-state index contributed by atoms with van der Waals surface area (Å²) in [5, 5.41) is 3.48. The van der Waals surface area contributed by atoms with Crippen LogP contribution in [0.25, 0.3) is 11.0 Å². The van der Waals surface area contributed by atoms with Crippen LogP contribution in [0.1, 0.15) is 30.3 Å². The van der Waals surface area contributed by atoms with Crippen molar-refractivity contribution >= 4 is 34.2 Å². The van der Waals surface area contributed by atoms with E-state index in [1.165, 1.54) is 0 Å². The number of nitrogens with one attached hydrogen (secondary N) is 2. The lowest BCUT2D eigenvalue weighted by molar-refractivity contribution is -0.118. The minimum absolute atomic E-state index is 0.0338. The third-order valence-corrected chi connectivity index (χ3v) is 4.75. The second kappa shape index (κ2) is 7.58. The molecule has 2 heterocycles. The van der Waals surface area contributed by atoms with Gasteiger partial charge < -0.3 is 19.8 Å². The van der Waals surface area contributed by atoms with E-state index in [0.717, 1.165) is 41.9 Å². The summed E-state index contributed by atoms with van der Waals surface area (Å²) in [6.45, 7) is 2.58. The number of halogens is 1. The van der Waals surface area contributed by atoms with Gasteiger partial charge in [-0.25, -0.2) is 4.98 Å². The maximum atomic E-state index is 12.2. The van der Waals surface area contributed by atoms with Crippen LogP contribution >= 0.6 is 11.6 Å². The van der Waals surface area contributed by atoms with Crippen LogP contribution < -0.4 is 10.1 Å². The summed E-state index contributed by atoms with van der Waals surface area (Å²) in [4.78, 5) is 20.1. The molecule has 0 bridgehead atoms. The van der Waals surface area contributed by atoms with Gasteiger partial charge in [-0.05, 0) is 61.7 Å². The Morgan fingerprint density at radius 3 is 3.04 bits per heavy atom. The molecule has 7 heteroatoms. The zero-order chi connectivity index (χ0) is 18.8. The largest absolute Gasteiger partial charge is 0.483 e. The molecule has 1 aromatic heterocycles. The molecular formula is C20H20ClN3O3. The van der Waals surface area contributed by atoms with Crippen molar-refractivity contribution in [2.24, 2.45) is 0 Å². The maximum Gasteiger partial charge on any atom is 0.262 e. The molecule has 140 valence electrons. The number of carbonyl (C=O) groups excluding carboxylic acids is 1. The van der Waals surface area contributed by atoms with Gasteiger partial charge in [0, 0.05) is 17.3 Å². The third-order valence-electron chi connectivity index (χ3n) is 4.51. The fraction of sp³-hybridized carbons (Fsp3) is 0.300. The monoisotopic (exact) mass is 385 g/mol. The van der Waals surface area contributed by atoms with Crippen molar-refractivity contribution < 1.29 is 14.3 Å². The van der Waals surface area contributed by atoms with Crippen LogP contribution in [0.2, 0.25) is 5.02 Å². The van der Waals surface area contributed by atoms with E-state index in [9.17, 15) is 4.79 Å². The Labute approximate surface area is 161 Å². The molecule has 3 aromatic rings. The van der Waals surface area contributed by atoms with Gasteiger partial charge in [-0.2, -0.15) is 0 Å². The fourth-order valence-corrected chi connectivity index (χ4v) is 3.39. The lowest BCUT2D eigenvalue weighted by atomic mass is 10.2. The van der Waals surface area contributed by atoms with E-state index in [1.54, 1.807) is 18.2 Å². The molecule has 1 atom stereocenters. The number of nitrogens with zero attached hydrogens (tertiary/aromatic N) is 1. The molecule has 2 aromatic carbocycles. The number of fused-ring (bicyclic) bond motifs is 1. The highest BCUT2D eigenvalue weighted by Gasteiger charge is 2.21. The SMILES string of the molecule is Cc1cc(Cl)ccc1OCC(=O)Nc1ccc2nc(C3CCCO3)[nH]c2c1. The van der Waals surface area contributed by atoms with Crippen LogP contribution in [0, 0.1) is 6.92 Å². The summed E-state index contributed by atoms with van der Waals surface area (Å²) in [5.41, 5.74) is 3.29. The number of aryl methyl sites for hydroxylation is 1. The molecule has 0 saturated carbocycles. The Balaban J connectivity index is 1.40. The predicted molar refractivity (Wildman–Crippen MR) is 104 cm³/mol. The van der Waals surface area contributed by atoms with Crippen LogP contribution in [0.5, 0.6) is 5.75 Å². The first-order chi connectivity index (χ1) is 13.1. The lowest BCUT2D eigenvalue weighted by Crippen LogP contribution is -2.20. The topological polar surface area (TPSA) is 76.2 Å². The van der Waals surface area contributed by atoms with Crippen molar-refractivity contribution in [3.63, 3.8) is 0 Å². The summed E-state index contributed by atoms with van der Waals surface area (Å²) in [5.74, 6) is 1.25. The molecule has 0 radical (unpaired) electrons. The number of amides is 1. The number of carbonyl (C=O) groups is 1. The van der Waals surface area contributed by atoms with Crippen LogP contribution in [0.15, 0.2) is 36.4 Å². The van der Waals surface area contributed by atoms with Crippen molar-refractivity contribution in [1.29, 1.82) is 0 Å². The zero-order valence-corrected chi connectivity index (χ0v) is 15.7. The number of aromatic nitrogens is 2. The second-order valence-electron chi connectivity index (χ2n) is 6.60. The van der Waals surface area contributed by atoms with E-state index in [1.807, 2.05) is 25.1 Å². The molecule has 4 rings (SSSR count). The molecule has 1 saturated heterocycles. The van der Waals surface area contributed by atoms with Gasteiger partial charge in [-0.15, -0.1) is 0 Å². The molecule has 27 heavy (non-hydrogen) atoms. The molecule has 0 aliphatic carbocycles. The van der Waals surface area contributed by atoms with Gasteiger partial charge in [-0.1, -0.05) is 11.6 Å². The molecular weight excluding hydrogens is 366 g/mol. The van der Waals surface area contributed by atoms with E-state index >= 15 is 0 Å². The fourth-order valence-electron chi connectivity index (χ4n) is 3.17. The first kappa shape index (κ1) is 17.8. The predicted octanol–water partition coefficient (Wildman–Crippen LogP) is 4.39. The summed E-state index contributed by atoms with van der Waals surface area (Å²) in [6, 6.07) is 10.9. The van der Waals surface area contributed by atoms with E-state index in [4.69, 9.17) is 21.1 Å². The van der Waals surface area contributed by atoms with Crippen LogP contribution in [0.4, 0.5) is 5.69 Å². The third kappa shape index (κ3) is 4.07. The first-order valence-corrected chi connectivity index (χ1v) is 9.26. The van der Waals surface area contributed by atoms with Crippen molar-refractivity contribution in [3.05, 3.63) is 52.8 Å². The smallest absolute Gasteiger partial charge is 0.262 e. The maximum absolute atomic E-state index is 12.2. The van der Waals surface area contributed by atoms with E-state index in [-0.39, 0.29) is 18.6 Å². The molecule has 1 unspecified atom stereocenters. The number of ether oxygens (including phenoxy) is 2. The average Bonchev–Trinajstić information content (AvgIpc) is 3.30. The summed E-state index contributed by atoms with van der Waals surface area (Å²) in [6.07, 6.45) is 2.06. The lowest BCUT2D eigenvalue weighted by Gasteiger charge is -2.10. The first-order valence-electron chi connectivity index (χ1n) is 8.88. The minimum atomic E-state index is -0.234. The van der Waals surface area contributed by atoms with Crippen molar-refractivity contribution in [1.82, 2.24) is 9.97 Å². The number of hydrogen-bond acceptors (Lipinski definition) is 4. The number of benzene rings is 2. The molecule has 1 amide bonds. The van der Waals surface area contributed by atoms with Gasteiger partial charge in [0.25, 0.3) is 5.91 Å². The Morgan fingerprint density at radius 1 is 1.37 bits per heavy atom. The van der Waals surface area contributed by atoms with Crippen LogP contribution in [-0.2, 0) is 9.53 Å². The summed E-state index contributed by atoms with van der Waals surface area (Å²) in [7, 11) is 0. The van der Waals surface area contributed by atoms with Gasteiger partial charge >= 0.3 is 0 Å². The van der Waals surface area contributed by atoms with Crippen molar-refractivity contribution in [3.8, 4) is 5.75 Å². The number of hydrogen-bond donors (Lipinski definition) is 2. The Bertz CT molecular complexity index is 980. The van der Waals surface area contributed by atoms with Gasteiger partial charge in [-0.3, -0.25) is 4.79 Å². The van der Waals surface area contributed by atoms with Gasteiger partial charge in [0.05, 0.1) is 11.0 Å². The van der Waals surface area contributed by atoms with E-state index < -0.39 is 0 Å². The zero-order valence-electron chi connectivity index (χ0n) is 14.9. The number of anilines is 1. The summed E-state index contributed by atoms with van der Waals surface area (Å²) < 4.78 is 11.2. The highest BCUT2D eigenvalue weighted by atomic mass is 35.5. The Hall–Kier alpha value is -2.57. The van der Waals surface area contributed by atoms with Gasteiger partial charge in [0.2, 0.25) is 0 Å². The molecule has 6 nitrogen and oxygen atoms in total. The van der Waals surface area contributed by atoms with Crippen molar-refractivity contribution in [2.75, 3.05) is 18.5 Å². The standard InChI is InChI=1S/C20H20ClN3O3/c1-12-9-13(21)4-7-17(12)27-11-19(25)22-14-5-6-15-16(10-14)24-20(23-15)18-3-2-8-26-18/h4-7,9-10,18H,2-3,8,11H2,1H3,(H,22,25)(H,23,24). The Kier molecular flexibility index (Phi) is 5.01. The van der Waals surface area contributed by atoms with Gasteiger partial charge in [0.15, 0.2) is 6.61 Å². The highest BCUT2D eigenvalue weighted by molar-refractivity contribution is 6.30. The van der Waals surface area contributed by atoms with Gasteiger partial charge in [0.1, 0.15) is 17.7 Å². The molecule has 2 N–H and O–H groups in total. The number of rotatable bonds is 5. The van der Waals surface area contributed by atoms with Crippen LogP contribution in [0.3, 0.4) is 0 Å². The van der Waals surface area contributed by atoms with Crippen LogP contribution in [-0.4, -0.2) is 29.1 Å². The quantitative estimate of drug-likeness (QED) is 0.682. The minimum Gasteiger partial charge on any atom is -0.483 e. The second-order valence-corrected chi connectivity index (χ2v) is 7.04. The summed E-state index contributed by atoms with van der Waals surface area (Å²) >= 11 is 5.93. The number of aromatic amines is 1.